The van der Waals surface area contributed by atoms with Crippen molar-refractivity contribution in [3.8, 4) is 0 Å². The van der Waals surface area contributed by atoms with Crippen LogP contribution >= 0.6 is 8.58 Å². The van der Waals surface area contributed by atoms with Gasteiger partial charge in [-0.2, -0.15) is 0 Å². The topological polar surface area (TPSA) is 31.5 Å². The second kappa shape index (κ2) is 9.08. The molecule has 0 heterocycles. The Hall–Kier alpha value is -1.17. The molecule has 2 aromatic carbocycles. The molecule has 0 amide bonds. The molecule has 0 aliphatic rings. The molecule has 2 rings (SSSR count). The predicted octanol–water partition coefficient (Wildman–Crippen LogP) is 2.52. The number of hydrogen-bond donors (Lipinski definition) is 0. The lowest BCUT2D eigenvalue weighted by Gasteiger charge is -2.00. The molecule has 16 heavy (non-hydrogen) atoms. The summed E-state index contributed by atoms with van der Waals surface area (Å²) in [5.41, 5.74) is 0. The largest absolute Gasteiger partial charge is 0.412 e. The van der Waals surface area contributed by atoms with E-state index in [1.807, 2.05) is 13.8 Å². The van der Waals surface area contributed by atoms with Crippen LogP contribution in [0.15, 0.2) is 60.7 Å². The summed E-state index contributed by atoms with van der Waals surface area (Å²) in [4.78, 5) is 0. The molecule has 0 saturated heterocycles. The maximum atomic E-state index is 2.17. The van der Waals surface area contributed by atoms with Crippen molar-refractivity contribution in [2.24, 2.45) is 0 Å². The Morgan fingerprint density at radius 1 is 0.625 bits per heavy atom. The van der Waals surface area contributed by atoms with Gasteiger partial charge in [0.1, 0.15) is 0 Å². The zero-order chi connectivity index (χ0) is 10.9. The maximum Gasteiger partial charge on any atom is -0.0226 e. The molecule has 86 valence electrons. The van der Waals surface area contributed by atoms with Crippen molar-refractivity contribution >= 4 is 19.2 Å². The molecule has 0 spiro atoms. The first-order valence-corrected chi connectivity index (χ1v) is 6.32. The van der Waals surface area contributed by atoms with Crippen LogP contribution < -0.4 is 10.6 Å². The molecule has 0 fully saturated rings. The van der Waals surface area contributed by atoms with Crippen LogP contribution in [0, 0.1) is 0 Å². The second-order valence-electron chi connectivity index (χ2n) is 2.86. The van der Waals surface area contributed by atoms with Crippen LogP contribution in [-0.4, -0.2) is 5.48 Å². The van der Waals surface area contributed by atoms with E-state index in [2.05, 4.69) is 60.7 Å². The summed E-state index contributed by atoms with van der Waals surface area (Å²) in [6.07, 6.45) is 0. The Morgan fingerprint density at radius 3 is 1.25 bits per heavy atom. The Morgan fingerprint density at radius 2 is 0.938 bits per heavy atom. The second-order valence-corrected chi connectivity index (χ2v) is 4.26. The van der Waals surface area contributed by atoms with Crippen LogP contribution in [0.2, 0.25) is 0 Å². The zero-order valence-corrected chi connectivity index (χ0v) is 10.8. The Labute approximate surface area is 99.6 Å². The Kier molecular flexibility index (Phi) is 8.42. The molecule has 2 heteroatoms. The van der Waals surface area contributed by atoms with E-state index >= 15 is 0 Å². The monoisotopic (exact) mass is 234 g/mol. The van der Waals surface area contributed by atoms with Crippen LogP contribution in [0.1, 0.15) is 13.8 Å². The molecule has 0 radical (unpaired) electrons. The SMILES string of the molecule is CC.O.c1ccc(Pc2ccccc2)cc1. The standard InChI is InChI=1S/C12H11P.C2H6.H2O/c1-3-7-11(8-4-1)13-12-9-5-2-6-10-12;1-2;/h1-10,13H;1-2H3;1H2. The highest BCUT2D eigenvalue weighted by Gasteiger charge is 1.92. The predicted molar refractivity (Wildman–Crippen MR) is 75.4 cm³/mol. The van der Waals surface area contributed by atoms with Gasteiger partial charge in [0.15, 0.2) is 0 Å². The van der Waals surface area contributed by atoms with Crippen LogP contribution in [-0.2, 0) is 0 Å². The van der Waals surface area contributed by atoms with Crippen molar-refractivity contribution in [3.05, 3.63) is 60.7 Å². The summed E-state index contributed by atoms with van der Waals surface area (Å²) >= 11 is 0. The minimum absolute atomic E-state index is 0. The lowest BCUT2D eigenvalue weighted by Crippen LogP contribution is -2.01. The number of benzene rings is 2. The molecule has 0 aliphatic carbocycles. The van der Waals surface area contributed by atoms with Crippen LogP contribution in [0.3, 0.4) is 0 Å². The highest BCUT2D eigenvalue weighted by Crippen LogP contribution is 2.08. The van der Waals surface area contributed by atoms with Crippen molar-refractivity contribution in [3.63, 3.8) is 0 Å². The van der Waals surface area contributed by atoms with Gasteiger partial charge in [-0.15, -0.1) is 0 Å². The quantitative estimate of drug-likeness (QED) is 0.715. The fourth-order valence-corrected chi connectivity index (χ4v) is 2.26. The van der Waals surface area contributed by atoms with E-state index in [0.29, 0.717) is 0 Å². The lowest BCUT2D eigenvalue weighted by atomic mass is 10.4. The van der Waals surface area contributed by atoms with Gasteiger partial charge in [0, 0.05) is 0 Å². The fraction of sp³-hybridized carbons (Fsp3) is 0.143. The van der Waals surface area contributed by atoms with Crippen molar-refractivity contribution in [1.82, 2.24) is 0 Å². The normalized spacial score (nSPS) is 8.38. The Balaban J connectivity index is 0.000000711. The van der Waals surface area contributed by atoms with E-state index in [1.54, 1.807) is 0 Å². The molecule has 0 unspecified atom stereocenters. The number of rotatable bonds is 2. The van der Waals surface area contributed by atoms with Crippen LogP contribution in [0.25, 0.3) is 0 Å². The van der Waals surface area contributed by atoms with E-state index in [4.69, 9.17) is 0 Å². The average molecular weight is 234 g/mol. The highest BCUT2D eigenvalue weighted by molar-refractivity contribution is 7.55. The third-order valence-corrected chi connectivity index (χ3v) is 3.08. The Bertz CT molecular complexity index is 322. The third-order valence-electron chi connectivity index (χ3n) is 1.84. The maximum absolute atomic E-state index is 2.17. The van der Waals surface area contributed by atoms with Gasteiger partial charge >= 0.3 is 0 Å². The van der Waals surface area contributed by atoms with Gasteiger partial charge in [0.2, 0.25) is 0 Å². The van der Waals surface area contributed by atoms with Crippen molar-refractivity contribution < 1.29 is 5.48 Å². The summed E-state index contributed by atoms with van der Waals surface area (Å²) in [6.45, 7) is 4.00. The van der Waals surface area contributed by atoms with E-state index in [-0.39, 0.29) is 5.48 Å². The molecule has 0 bridgehead atoms. The van der Waals surface area contributed by atoms with Crippen LogP contribution in [0.5, 0.6) is 0 Å². The summed E-state index contributed by atoms with van der Waals surface area (Å²) in [5.74, 6) is 0. The van der Waals surface area contributed by atoms with Gasteiger partial charge in [0.05, 0.1) is 0 Å². The van der Waals surface area contributed by atoms with Crippen molar-refractivity contribution in [2.75, 3.05) is 0 Å². The lowest BCUT2D eigenvalue weighted by molar-refractivity contribution is 0.824. The molecule has 0 aliphatic heterocycles. The van der Waals surface area contributed by atoms with Gasteiger partial charge in [-0.05, 0) is 10.6 Å². The summed E-state index contributed by atoms with van der Waals surface area (Å²) < 4.78 is 0. The molecule has 1 nitrogen and oxygen atoms in total. The summed E-state index contributed by atoms with van der Waals surface area (Å²) in [5, 5.41) is 2.79. The van der Waals surface area contributed by atoms with Gasteiger partial charge in [0.25, 0.3) is 0 Å². The molecule has 2 aromatic rings. The average Bonchev–Trinajstić information content (AvgIpc) is 2.34. The molecular formula is C14H19OP. The van der Waals surface area contributed by atoms with E-state index < -0.39 is 0 Å². The minimum Gasteiger partial charge on any atom is -0.412 e. The summed E-state index contributed by atoms with van der Waals surface area (Å²) in [7, 11) is 0.777. The zero-order valence-electron chi connectivity index (χ0n) is 9.77. The number of hydrogen-bond acceptors (Lipinski definition) is 0. The first-order chi connectivity index (χ1) is 7.45. The molecule has 2 N–H and O–H groups in total. The molecule has 0 saturated carbocycles. The molecular weight excluding hydrogens is 215 g/mol. The van der Waals surface area contributed by atoms with Gasteiger partial charge in [-0.25, -0.2) is 0 Å². The van der Waals surface area contributed by atoms with Crippen molar-refractivity contribution in [2.45, 2.75) is 13.8 Å². The highest BCUT2D eigenvalue weighted by atomic mass is 31.1. The van der Waals surface area contributed by atoms with E-state index in [9.17, 15) is 0 Å². The van der Waals surface area contributed by atoms with Gasteiger partial charge < -0.3 is 5.48 Å². The molecule has 0 aromatic heterocycles. The van der Waals surface area contributed by atoms with Gasteiger partial charge in [-0.1, -0.05) is 83.1 Å². The van der Waals surface area contributed by atoms with E-state index in [0.717, 1.165) is 8.58 Å². The third kappa shape index (κ3) is 5.06. The smallest absolute Gasteiger partial charge is 0.0226 e. The first-order valence-electron chi connectivity index (χ1n) is 5.32. The van der Waals surface area contributed by atoms with Crippen molar-refractivity contribution in [1.29, 1.82) is 0 Å². The first kappa shape index (κ1) is 14.8. The van der Waals surface area contributed by atoms with Gasteiger partial charge in [-0.3, -0.25) is 0 Å². The van der Waals surface area contributed by atoms with Crippen LogP contribution in [0.4, 0.5) is 0 Å². The molecule has 0 atom stereocenters. The summed E-state index contributed by atoms with van der Waals surface area (Å²) in [6, 6.07) is 21.2. The minimum atomic E-state index is 0. The van der Waals surface area contributed by atoms with E-state index in [1.165, 1.54) is 10.6 Å². The fourth-order valence-electron chi connectivity index (χ4n) is 1.21.